The van der Waals surface area contributed by atoms with Gasteiger partial charge in [-0.2, -0.15) is 0 Å². The maximum atomic E-state index is 12.4. The molecule has 1 fully saturated rings. The van der Waals surface area contributed by atoms with E-state index in [1.165, 1.54) is 18.2 Å². The van der Waals surface area contributed by atoms with E-state index in [1.54, 1.807) is 12.1 Å². The van der Waals surface area contributed by atoms with Crippen molar-refractivity contribution in [1.29, 1.82) is 0 Å². The molecule has 1 amide bonds. The molecule has 1 aliphatic rings. The molecule has 0 aromatic carbocycles. The van der Waals surface area contributed by atoms with Crippen molar-refractivity contribution in [1.82, 2.24) is 9.88 Å². The second-order valence-corrected chi connectivity index (χ2v) is 4.61. The summed E-state index contributed by atoms with van der Waals surface area (Å²) in [6, 6.07) is 2.44. The Balaban J connectivity index is 2.31. The highest BCUT2D eigenvalue weighted by Crippen LogP contribution is 2.27. The molecule has 1 aliphatic heterocycles. The number of nitrogens with zero attached hydrogens (tertiary/aromatic N) is 2. The second-order valence-electron chi connectivity index (χ2n) is 4.61. The lowest BCUT2D eigenvalue weighted by atomic mass is 10.0. The van der Waals surface area contributed by atoms with Crippen LogP contribution in [0.15, 0.2) is 18.3 Å². The summed E-state index contributed by atoms with van der Waals surface area (Å²) < 4.78 is 5.04. The van der Waals surface area contributed by atoms with Crippen molar-refractivity contribution in [3.05, 3.63) is 23.9 Å². The standard InChI is InChI=1S/C13H16N2O4/c1-8-5-7-15(10(8)13(17)18)12(16)9-4-3-6-14-11(9)19-2/h3-4,6,8,10H,5,7H2,1-2H3,(H,17,18). The molecule has 1 aromatic heterocycles. The van der Waals surface area contributed by atoms with E-state index >= 15 is 0 Å². The fourth-order valence-corrected chi connectivity index (χ4v) is 2.42. The Morgan fingerprint density at radius 3 is 2.89 bits per heavy atom. The lowest BCUT2D eigenvalue weighted by Crippen LogP contribution is -2.42. The van der Waals surface area contributed by atoms with Gasteiger partial charge < -0.3 is 14.7 Å². The van der Waals surface area contributed by atoms with E-state index in [9.17, 15) is 14.7 Å². The first kappa shape index (κ1) is 13.3. The SMILES string of the molecule is COc1ncccc1C(=O)N1CCC(C)C1C(=O)O. The third-order valence-electron chi connectivity index (χ3n) is 3.41. The van der Waals surface area contributed by atoms with E-state index < -0.39 is 12.0 Å². The number of carbonyl (C=O) groups is 2. The molecule has 2 rings (SSSR count). The number of carbonyl (C=O) groups excluding carboxylic acids is 1. The van der Waals surface area contributed by atoms with Crippen molar-refractivity contribution in [3.63, 3.8) is 0 Å². The molecule has 1 saturated heterocycles. The summed E-state index contributed by atoms with van der Waals surface area (Å²) in [6.07, 6.45) is 2.21. The molecule has 0 spiro atoms. The zero-order valence-corrected chi connectivity index (χ0v) is 10.9. The van der Waals surface area contributed by atoms with Crippen LogP contribution in [0.25, 0.3) is 0 Å². The van der Waals surface area contributed by atoms with Gasteiger partial charge in [0.15, 0.2) is 0 Å². The van der Waals surface area contributed by atoms with Crippen molar-refractivity contribution in [2.45, 2.75) is 19.4 Å². The Kier molecular flexibility index (Phi) is 3.69. The summed E-state index contributed by atoms with van der Waals surface area (Å²) in [4.78, 5) is 29.0. The third kappa shape index (κ3) is 2.38. The number of rotatable bonds is 3. The van der Waals surface area contributed by atoms with Gasteiger partial charge in [0, 0.05) is 12.7 Å². The van der Waals surface area contributed by atoms with Crippen LogP contribution in [-0.4, -0.2) is 46.6 Å². The van der Waals surface area contributed by atoms with Crippen LogP contribution in [0.3, 0.4) is 0 Å². The lowest BCUT2D eigenvalue weighted by molar-refractivity contribution is -0.142. The van der Waals surface area contributed by atoms with Gasteiger partial charge in [0.25, 0.3) is 5.91 Å². The molecule has 102 valence electrons. The van der Waals surface area contributed by atoms with Gasteiger partial charge in [-0.05, 0) is 24.5 Å². The molecule has 0 bridgehead atoms. The van der Waals surface area contributed by atoms with Crippen LogP contribution in [-0.2, 0) is 4.79 Å². The van der Waals surface area contributed by atoms with Gasteiger partial charge in [-0.3, -0.25) is 4.79 Å². The molecular weight excluding hydrogens is 248 g/mol. The molecule has 6 nitrogen and oxygen atoms in total. The van der Waals surface area contributed by atoms with Crippen LogP contribution in [0.2, 0.25) is 0 Å². The average Bonchev–Trinajstić information content (AvgIpc) is 2.79. The largest absolute Gasteiger partial charge is 0.480 e. The van der Waals surface area contributed by atoms with E-state index in [1.807, 2.05) is 6.92 Å². The number of methoxy groups -OCH3 is 1. The van der Waals surface area contributed by atoms with E-state index in [4.69, 9.17) is 4.74 Å². The molecule has 2 heterocycles. The number of carboxylic acids is 1. The highest BCUT2D eigenvalue weighted by Gasteiger charge is 2.40. The Bertz CT molecular complexity index is 503. The van der Waals surface area contributed by atoms with E-state index in [0.717, 1.165) is 0 Å². The van der Waals surface area contributed by atoms with Gasteiger partial charge in [-0.15, -0.1) is 0 Å². The van der Waals surface area contributed by atoms with Gasteiger partial charge >= 0.3 is 5.97 Å². The van der Waals surface area contributed by atoms with Crippen molar-refractivity contribution in [3.8, 4) is 5.88 Å². The summed E-state index contributed by atoms with van der Waals surface area (Å²) in [6.45, 7) is 2.28. The van der Waals surface area contributed by atoms with Gasteiger partial charge in [-0.25, -0.2) is 9.78 Å². The third-order valence-corrected chi connectivity index (χ3v) is 3.41. The zero-order valence-electron chi connectivity index (χ0n) is 10.9. The normalized spacial score (nSPS) is 22.3. The van der Waals surface area contributed by atoms with Crippen molar-refractivity contribution in [2.24, 2.45) is 5.92 Å². The smallest absolute Gasteiger partial charge is 0.326 e. The van der Waals surface area contributed by atoms with Crippen molar-refractivity contribution < 1.29 is 19.4 Å². The summed E-state index contributed by atoms with van der Waals surface area (Å²) in [5, 5.41) is 9.24. The number of likely N-dealkylation sites (tertiary alicyclic amines) is 1. The number of hydrogen-bond donors (Lipinski definition) is 1. The Morgan fingerprint density at radius 2 is 2.26 bits per heavy atom. The first-order valence-corrected chi connectivity index (χ1v) is 6.09. The Morgan fingerprint density at radius 1 is 1.53 bits per heavy atom. The first-order chi connectivity index (χ1) is 9.06. The van der Waals surface area contributed by atoms with Crippen LogP contribution >= 0.6 is 0 Å². The summed E-state index contributed by atoms with van der Waals surface area (Å²) in [5.74, 6) is -1.15. The molecular formula is C13H16N2O4. The maximum absolute atomic E-state index is 12.4. The maximum Gasteiger partial charge on any atom is 0.326 e. The van der Waals surface area contributed by atoms with Gasteiger partial charge in [0.1, 0.15) is 11.6 Å². The van der Waals surface area contributed by atoms with E-state index in [0.29, 0.717) is 18.5 Å². The summed E-state index contributed by atoms with van der Waals surface area (Å²) in [7, 11) is 1.43. The first-order valence-electron chi connectivity index (χ1n) is 6.09. The number of hydrogen-bond acceptors (Lipinski definition) is 4. The quantitative estimate of drug-likeness (QED) is 0.881. The highest BCUT2D eigenvalue weighted by molar-refractivity contribution is 5.98. The van der Waals surface area contributed by atoms with Crippen LogP contribution < -0.4 is 4.74 Å². The molecule has 0 radical (unpaired) electrons. The van der Waals surface area contributed by atoms with Gasteiger partial charge in [-0.1, -0.05) is 6.92 Å². The number of ether oxygens (including phenoxy) is 1. The monoisotopic (exact) mass is 264 g/mol. The van der Waals surface area contributed by atoms with Crippen LogP contribution in [0.4, 0.5) is 0 Å². The van der Waals surface area contributed by atoms with Crippen LogP contribution in [0, 0.1) is 5.92 Å². The fraction of sp³-hybridized carbons (Fsp3) is 0.462. The molecule has 1 N–H and O–H groups in total. The van der Waals surface area contributed by atoms with Crippen molar-refractivity contribution in [2.75, 3.05) is 13.7 Å². The molecule has 2 unspecified atom stereocenters. The van der Waals surface area contributed by atoms with Gasteiger partial charge in [0.2, 0.25) is 5.88 Å². The molecule has 0 saturated carbocycles. The second kappa shape index (κ2) is 5.26. The molecule has 6 heteroatoms. The van der Waals surface area contributed by atoms with E-state index in [-0.39, 0.29) is 17.7 Å². The molecule has 2 atom stereocenters. The summed E-state index contributed by atoms with van der Waals surface area (Å²) >= 11 is 0. The molecule has 0 aliphatic carbocycles. The number of pyridine rings is 1. The number of amides is 1. The predicted octanol–water partition coefficient (Wildman–Crippen LogP) is 1.03. The van der Waals surface area contributed by atoms with Crippen molar-refractivity contribution >= 4 is 11.9 Å². The number of aromatic nitrogens is 1. The highest BCUT2D eigenvalue weighted by atomic mass is 16.5. The Labute approximate surface area is 111 Å². The fourth-order valence-electron chi connectivity index (χ4n) is 2.42. The van der Waals surface area contributed by atoms with Crippen LogP contribution in [0.1, 0.15) is 23.7 Å². The minimum atomic E-state index is -0.971. The van der Waals surface area contributed by atoms with E-state index in [2.05, 4.69) is 4.98 Å². The number of aliphatic carboxylic acids is 1. The predicted molar refractivity (Wildman–Crippen MR) is 67.0 cm³/mol. The number of carboxylic acid groups (broad SMARTS) is 1. The minimum absolute atomic E-state index is 0.0517. The summed E-state index contributed by atoms with van der Waals surface area (Å²) in [5.41, 5.74) is 0.297. The minimum Gasteiger partial charge on any atom is -0.480 e. The van der Waals surface area contributed by atoms with Crippen LogP contribution in [0.5, 0.6) is 5.88 Å². The van der Waals surface area contributed by atoms with Gasteiger partial charge in [0.05, 0.1) is 7.11 Å². The molecule has 19 heavy (non-hydrogen) atoms. The lowest BCUT2D eigenvalue weighted by Gasteiger charge is -2.23. The average molecular weight is 264 g/mol. The molecule has 1 aromatic rings. The zero-order chi connectivity index (χ0) is 14.0. The Hall–Kier alpha value is -2.11. The topological polar surface area (TPSA) is 79.7 Å².